The average Bonchev–Trinajstić information content (AvgIpc) is 3.38. The van der Waals surface area contributed by atoms with Crippen molar-refractivity contribution in [3.05, 3.63) is 47.8 Å². The third-order valence-electron chi connectivity index (χ3n) is 6.22. The maximum absolute atomic E-state index is 12.8. The van der Waals surface area contributed by atoms with Gasteiger partial charge < -0.3 is 4.98 Å². The largest absolute Gasteiger partial charge is 0.344 e. The minimum absolute atomic E-state index is 0.00354. The molecule has 4 rings (SSSR count). The number of hydrogen-bond donors (Lipinski definition) is 1. The van der Waals surface area contributed by atoms with E-state index in [-0.39, 0.29) is 11.8 Å². The second kappa shape index (κ2) is 8.62. The summed E-state index contributed by atoms with van der Waals surface area (Å²) >= 11 is 0. The fourth-order valence-corrected chi connectivity index (χ4v) is 4.93. The minimum atomic E-state index is -3.19. The van der Waals surface area contributed by atoms with Crippen LogP contribution in [-0.4, -0.2) is 70.8 Å². The van der Waals surface area contributed by atoms with Crippen molar-refractivity contribution < 1.29 is 13.2 Å². The molecule has 1 aromatic carbocycles. The number of hydrogen-bond acceptors (Lipinski definition) is 6. The van der Waals surface area contributed by atoms with Crippen LogP contribution in [0.5, 0.6) is 0 Å². The first-order valence-electron chi connectivity index (χ1n) is 11.1. The minimum Gasteiger partial charge on any atom is -0.344 e. The van der Waals surface area contributed by atoms with Crippen LogP contribution in [0, 0.1) is 5.41 Å². The van der Waals surface area contributed by atoms with Crippen molar-refractivity contribution in [3.8, 4) is 11.3 Å². The molecule has 9 heteroatoms. The predicted molar refractivity (Wildman–Crippen MR) is 129 cm³/mol. The number of nitrogens with one attached hydrogen (secondary N) is 1. The highest BCUT2D eigenvalue weighted by Gasteiger charge is 2.30. The number of benzene rings is 1. The van der Waals surface area contributed by atoms with Gasteiger partial charge in [0, 0.05) is 49.9 Å². The van der Waals surface area contributed by atoms with Crippen LogP contribution in [-0.2, 0) is 16.6 Å². The van der Waals surface area contributed by atoms with Crippen LogP contribution in [0.3, 0.4) is 0 Å². The van der Waals surface area contributed by atoms with Crippen molar-refractivity contribution in [2.24, 2.45) is 5.41 Å². The molecule has 1 unspecified atom stereocenters. The molecule has 1 atom stereocenters. The van der Waals surface area contributed by atoms with Gasteiger partial charge in [0.05, 0.1) is 23.7 Å². The summed E-state index contributed by atoms with van der Waals surface area (Å²) in [6.07, 6.45) is 5.48. The average molecular weight is 470 g/mol. The van der Waals surface area contributed by atoms with Gasteiger partial charge in [-0.05, 0) is 18.1 Å². The van der Waals surface area contributed by atoms with E-state index in [9.17, 15) is 13.2 Å². The normalized spacial score (nSPS) is 17.8. The first-order valence-corrected chi connectivity index (χ1v) is 12.9. The van der Waals surface area contributed by atoms with E-state index in [2.05, 4.69) is 27.0 Å². The van der Waals surface area contributed by atoms with Gasteiger partial charge in [-0.3, -0.25) is 9.69 Å². The summed E-state index contributed by atoms with van der Waals surface area (Å²) < 4.78 is 25.2. The number of sulfonamides is 1. The fourth-order valence-electron chi connectivity index (χ4n) is 4.22. The number of fused-ring (bicyclic) bond motifs is 1. The molecule has 1 aliphatic rings. The third-order valence-corrected chi connectivity index (χ3v) is 7.56. The molecule has 0 bridgehead atoms. The van der Waals surface area contributed by atoms with Crippen LogP contribution in [0.25, 0.3) is 22.4 Å². The van der Waals surface area contributed by atoms with Gasteiger partial charge in [0.25, 0.3) is 0 Å². The number of likely N-dealkylation sites (tertiary alicyclic amines) is 1. The molecular weight excluding hydrogens is 438 g/mol. The number of carbonyl (C=O) groups excluding carboxylic acids is 1. The van der Waals surface area contributed by atoms with E-state index in [0.717, 1.165) is 30.6 Å². The van der Waals surface area contributed by atoms with E-state index in [1.165, 1.54) is 10.6 Å². The molecule has 0 radical (unpaired) electrons. The number of nitrogens with zero attached hydrogens (tertiary/aromatic N) is 4. The maximum Gasteiger partial charge on any atom is 0.211 e. The Balaban J connectivity index is 1.55. The first-order chi connectivity index (χ1) is 15.4. The van der Waals surface area contributed by atoms with Crippen LogP contribution in [0.15, 0.2) is 36.7 Å². The Kier molecular flexibility index (Phi) is 6.15. The van der Waals surface area contributed by atoms with Crippen molar-refractivity contribution in [1.82, 2.24) is 24.2 Å². The summed E-state index contributed by atoms with van der Waals surface area (Å²) in [4.78, 5) is 27.4. The highest BCUT2D eigenvalue weighted by atomic mass is 32.2. The number of carbonyl (C=O) groups is 1. The molecule has 0 aliphatic carbocycles. The van der Waals surface area contributed by atoms with Crippen molar-refractivity contribution in [1.29, 1.82) is 0 Å². The van der Waals surface area contributed by atoms with Crippen LogP contribution >= 0.6 is 0 Å². The Morgan fingerprint density at radius 3 is 2.76 bits per heavy atom. The Morgan fingerprint density at radius 1 is 1.30 bits per heavy atom. The van der Waals surface area contributed by atoms with Crippen LogP contribution < -0.4 is 0 Å². The molecule has 0 spiro atoms. The van der Waals surface area contributed by atoms with Crippen molar-refractivity contribution in [2.45, 2.75) is 39.8 Å². The molecular formula is C24H31N5O3S. The number of Topliss-reactive ketones (excluding diaryl/α,β-unsaturated/α-hetero) is 1. The molecule has 33 heavy (non-hydrogen) atoms. The lowest BCUT2D eigenvalue weighted by atomic mass is 9.87. The smallest absolute Gasteiger partial charge is 0.211 e. The molecule has 3 heterocycles. The zero-order chi connectivity index (χ0) is 24.0. The molecule has 2 aromatic heterocycles. The SMILES string of the molecule is CN(C1CCN(Cc2cccc(-c3cnc4[nH]cc(C(=O)C(C)(C)C)c4n3)c2)C1)S(C)(=O)=O. The number of ketones is 1. The first kappa shape index (κ1) is 23.5. The summed E-state index contributed by atoms with van der Waals surface area (Å²) in [5.74, 6) is 0.0246. The monoisotopic (exact) mass is 469 g/mol. The number of rotatable bonds is 6. The van der Waals surface area contributed by atoms with E-state index < -0.39 is 15.4 Å². The van der Waals surface area contributed by atoms with E-state index >= 15 is 0 Å². The molecule has 1 fully saturated rings. The number of H-pyrrole nitrogens is 1. The van der Waals surface area contributed by atoms with Crippen molar-refractivity contribution in [3.63, 3.8) is 0 Å². The Bertz CT molecular complexity index is 1290. The van der Waals surface area contributed by atoms with Crippen LogP contribution in [0.2, 0.25) is 0 Å². The van der Waals surface area contributed by atoms with E-state index in [0.29, 0.717) is 29.0 Å². The molecule has 3 aromatic rings. The van der Waals surface area contributed by atoms with Crippen LogP contribution in [0.4, 0.5) is 0 Å². The lowest BCUT2D eigenvalue weighted by Crippen LogP contribution is -2.38. The van der Waals surface area contributed by atoms with Gasteiger partial charge in [-0.1, -0.05) is 39.0 Å². The van der Waals surface area contributed by atoms with Gasteiger partial charge in [-0.25, -0.2) is 22.7 Å². The van der Waals surface area contributed by atoms with Gasteiger partial charge in [-0.2, -0.15) is 0 Å². The van der Waals surface area contributed by atoms with Gasteiger partial charge in [0.1, 0.15) is 5.52 Å². The molecule has 176 valence electrons. The highest BCUT2D eigenvalue weighted by molar-refractivity contribution is 7.88. The quantitative estimate of drug-likeness (QED) is 0.556. The second-order valence-corrected chi connectivity index (χ2v) is 11.9. The van der Waals surface area contributed by atoms with E-state index in [1.54, 1.807) is 19.4 Å². The van der Waals surface area contributed by atoms with Crippen LogP contribution in [0.1, 0.15) is 43.1 Å². The van der Waals surface area contributed by atoms with E-state index in [4.69, 9.17) is 4.98 Å². The molecule has 0 amide bonds. The van der Waals surface area contributed by atoms with Crippen molar-refractivity contribution >= 4 is 27.0 Å². The molecule has 0 saturated carbocycles. The topological polar surface area (TPSA) is 99.3 Å². The number of aromatic nitrogens is 3. The fraction of sp³-hybridized carbons (Fsp3) is 0.458. The van der Waals surface area contributed by atoms with E-state index in [1.807, 2.05) is 32.9 Å². The maximum atomic E-state index is 12.8. The lowest BCUT2D eigenvalue weighted by Gasteiger charge is -2.22. The van der Waals surface area contributed by atoms with Gasteiger partial charge in [0.2, 0.25) is 10.0 Å². The third kappa shape index (κ3) is 5.00. The summed E-state index contributed by atoms with van der Waals surface area (Å²) in [6.45, 7) is 7.97. The summed E-state index contributed by atoms with van der Waals surface area (Å²) in [5, 5.41) is 0. The van der Waals surface area contributed by atoms with Gasteiger partial charge in [-0.15, -0.1) is 0 Å². The predicted octanol–water partition coefficient (Wildman–Crippen LogP) is 3.32. The number of likely N-dealkylation sites (N-methyl/N-ethyl adjacent to an activating group) is 1. The summed E-state index contributed by atoms with van der Waals surface area (Å²) in [5.41, 5.74) is 4.00. The zero-order valence-corrected chi connectivity index (χ0v) is 20.6. The van der Waals surface area contributed by atoms with Crippen molar-refractivity contribution in [2.75, 3.05) is 26.4 Å². The Labute approximate surface area is 195 Å². The second-order valence-electron chi connectivity index (χ2n) is 9.89. The summed E-state index contributed by atoms with van der Waals surface area (Å²) in [7, 11) is -1.54. The summed E-state index contributed by atoms with van der Waals surface area (Å²) in [6, 6.07) is 8.13. The van der Waals surface area contributed by atoms with Gasteiger partial charge in [0.15, 0.2) is 11.4 Å². The number of aromatic amines is 1. The Hall–Kier alpha value is -2.62. The molecule has 1 saturated heterocycles. The Morgan fingerprint density at radius 2 is 2.06 bits per heavy atom. The molecule has 1 N–H and O–H groups in total. The lowest BCUT2D eigenvalue weighted by molar-refractivity contribution is 0.0860. The molecule has 8 nitrogen and oxygen atoms in total. The standard InChI is InChI=1S/C24H31N5O3S/c1-24(2,3)22(30)19-12-25-23-21(19)27-20(13-26-23)17-8-6-7-16(11-17)14-29-10-9-18(15-29)28(4)33(5,31)32/h6-8,11-13,18H,9-10,14-15H2,1-5H3,(H,25,26). The highest BCUT2D eigenvalue weighted by Crippen LogP contribution is 2.27. The molecule has 1 aliphatic heterocycles. The van der Waals surface area contributed by atoms with Gasteiger partial charge >= 0.3 is 0 Å². The zero-order valence-electron chi connectivity index (χ0n) is 19.8.